The van der Waals surface area contributed by atoms with Crippen molar-refractivity contribution in [1.82, 2.24) is 30.5 Å². The highest BCUT2D eigenvalue weighted by Gasteiger charge is 2.43. The molecule has 272 valence electrons. The number of carbonyl (C=O) groups is 4. The third-order valence-electron chi connectivity index (χ3n) is 8.04. The van der Waals surface area contributed by atoms with Crippen LogP contribution in [-0.2, 0) is 24.4 Å². The average molecular weight is 703 g/mol. The van der Waals surface area contributed by atoms with Gasteiger partial charge in [0.2, 0.25) is 34.2 Å². The van der Waals surface area contributed by atoms with Crippen molar-refractivity contribution in [2.24, 2.45) is 10.8 Å². The predicted octanol–water partition coefficient (Wildman–Crippen LogP) is 2.33. The normalized spacial score (nSPS) is 17.4. The Balaban J connectivity index is 2.13. The second-order valence-corrected chi connectivity index (χ2v) is 16.3. The molecule has 0 unspecified atom stereocenters. The van der Waals surface area contributed by atoms with Crippen LogP contribution in [0.2, 0.25) is 0 Å². The van der Waals surface area contributed by atoms with E-state index >= 15 is 0 Å². The first kappa shape index (κ1) is 40.6. The molecular weight excluding hydrogens is 650 g/mol. The molecule has 16 heteroatoms. The van der Waals surface area contributed by atoms with Crippen LogP contribution < -0.4 is 26.0 Å². The van der Waals surface area contributed by atoms with Crippen molar-refractivity contribution in [3.63, 3.8) is 0 Å². The molecular formula is C32H52F2N6O7S. The van der Waals surface area contributed by atoms with Crippen molar-refractivity contribution in [1.29, 1.82) is 0 Å². The molecule has 0 bridgehead atoms. The highest BCUT2D eigenvalue weighted by Crippen LogP contribution is 2.27. The lowest BCUT2D eigenvalue weighted by Gasteiger charge is -2.37. The standard InChI is InChI=1S/C32H52F2N6O7S/c1-31(2,3)24(20-39(7)48(8,45)46)37-30(44)38-26(32(4,5)6)29(43)40-17-12-15-23(40)28(42)36-22(19-25(33)34)27(41)35-16-18-47-21-13-10-9-11-14-21/h9-11,13-14,22-26H,12,15-20H2,1-8H3,(H,35,41)(H,36,42)(H2,37,38,44)/t22-,23-,24+,26+/m0/s1. The van der Waals surface area contributed by atoms with Crippen molar-refractivity contribution in [2.45, 2.75) is 91.4 Å². The first-order valence-electron chi connectivity index (χ1n) is 15.9. The van der Waals surface area contributed by atoms with Gasteiger partial charge < -0.3 is 30.9 Å². The topological polar surface area (TPSA) is 166 Å². The Bertz CT molecular complexity index is 1350. The maximum absolute atomic E-state index is 13.9. The molecule has 1 heterocycles. The van der Waals surface area contributed by atoms with Crippen LogP contribution in [0.1, 0.15) is 60.8 Å². The summed E-state index contributed by atoms with van der Waals surface area (Å²) in [7, 11) is -2.12. The lowest BCUT2D eigenvalue weighted by Crippen LogP contribution is -2.62. The summed E-state index contributed by atoms with van der Waals surface area (Å²) in [6, 6.07) is 3.80. The molecule has 13 nitrogen and oxygen atoms in total. The number of alkyl halides is 2. The fraction of sp³-hybridized carbons (Fsp3) is 0.688. The highest BCUT2D eigenvalue weighted by atomic mass is 32.2. The Labute approximate surface area is 282 Å². The van der Waals surface area contributed by atoms with Gasteiger partial charge in [0.25, 0.3) is 0 Å². The van der Waals surface area contributed by atoms with Gasteiger partial charge in [0.1, 0.15) is 30.5 Å². The second-order valence-electron chi connectivity index (χ2n) is 14.2. The Morgan fingerprint density at radius 3 is 2.17 bits per heavy atom. The van der Waals surface area contributed by atoms with Crippen molar-refractivity contribution < 1.29 is 41.1 Å². The van der Waals surface area contributed by atoms with Crippen LogP contribution in [0.3, 0.4) is 0 Å². The second kappa shape index (κ2) is 17.2. The number of para-hydroxylation sites is 1. The zero-order valence-corrected chi connectivity index (χ0v) is 30.0. The average Bonchev–Trinajstić information content (AvgIpc) is 3.46. The number of rotatable bonds is 15. The fourth-order valence-electron chi connectivity index (χ4n) is 5.04. The Morgan fingerprint density at radius 2 is 1.62 bits per heavy atom. The monoisotopic (exact) mass is 702 g/mol. The van der Waals surface area contributed by atoms with Crippen LogP contribution in [0, 0.1) is 10.8 Å². The van der Waals surface area contributed by atoms with Crippen LogP contribution >= 0.6 is 0 Å². The van der Waals surface area contributed by atoms with Gasteiger partial charge in [0.05, 0.1) is 12.8 Å². The molecule has 0 saturated carbocycles. The molecule has 4 N–H and O–H groups in total. The third-order valence-corrected chi connectivity index (χ3v) is 9.32. The quantitative estimate of drug-likeness (QED) is 0.204. The molecule has 0 radical (unpaired) electrons. The van der Waals surface area contributed by atoms with Crippen molar-refractivity contribution in [3.05, 3.63) is 30.3 Å². The van der Waals surface area contributed by atoms with E-state index in [1.165, 1.54) is 11.9 Å². The summed E-state index contributed by atoms with van der Waals surface area (Å²) in [4.78, 5) is 54.7. The zero-order valence-electron chi connectivity index (χ0n) is 29.1. The molecule has 2 rings (SSSR count). The number of hydrogen-bond acceptors (Lipinski definition) is 7. The van der Waals surface area contributed by atoms with Crippen molar-refractivity contribution >= 4 is 33.8 Å². The summed E-state index contributed by atoms with van der Waals surface area (Å²) >= 11 is 0. The summed E-state index contributed by atoms with van der Waals surface area (Å²) < 4.78 is 57.6. The number of nitrogens with zero attached hydrogens (tertiary/aromatic N) is 2. The van der Waals surface area contributed by atoms with E-state index in [0.29, 0.717) is 12.2 Å². The van der Waals surface area contributed by atoms with E-state index in [2.05, 4.69) is 21.3 Å². The number of likely N-dealkylation sites (N-methyl/N-ethyl adjacent to an activating group) is 1. The number of likely N-dealkylation sites (tertiary alicyclic amines) is 1. The smallest absolute Gasteiger partial charge is 0.315 e. The molecule has 1 aliphatic rings. The molecule has 1 aliphatic heterocycles. The van der Waals surface area contributed by atoms with Gasteiger partial charge in [-0.2, -0.15) is 0 Å². The first-order valence-corrected chi connectivity index (χ1v) is 17.8. The summed E-state index contributed by atoms with van der Waals surface area (Å²) in [6.07, 6.45) is -2.07. The molecule has 1 saturated heterocycles. The zero-order chi connectivity index (χ0) is 36.4. The van der Waals surface area contributed by atoms with Gasteiger partial charge in [0, 0.05) is 32.6 Å². The van der Waals surface area contributed by atoms with E-state index in [4.69, 9.17) is 4.74 Å². The lowest BCUT2D eigenvalue weighted by atomic mass is 9.85. The van der Waals surface area contributed by atoms with Gasteiger partial charge in [-0.3, -0.25) is 14.4 Å². The number of benzene rings is 1. The summed E-state index contributed by atoms with van der Waals surface area (Å²) in [5.41, 5.74) is -1.37. The molecule has 48 heavy (non-hydrogen) atoms. The van der Waals surface area contributed by atoms with Gasteiger partial charge in [-0.05, 0) is 35.8 Å². The summed E-state index contributed by atoms with van der Waals surface area (Å²) in [6.45, 7) is 11.0. The van der Waals surface area contributed by atoms with Gasteiger partial charge >= 0.3 is 6.03 Å². The van der Waals surface area contributed by atoms with Gasteiger partial charge in [-0.25, -0.2) is 26.3 Å². The Morgan fingerprint density at radius 1 is 1.00 bits per heavy atom. The molecule has 0 aromatic heterocycles. The van der Waals surface area contributed by atoms with E-state index in [0.717, 1.165) is 10.6 Å². The van der Waals surface area contributed by atoms with Gasteiger partial charge in [0.15, 0.2) is 0 Å². The number of sulfonamides is 1. The minimum absolute atomic E-state index is 0.00827. The summed E-state index contributed by atoms with van der Waals surface area (Å²) in [5, 5.41) is 10.4. The highest BCUT2D eigenvalue weighted by molar-refractivity contribution is 7.88. The molecule has 1 aromatic carbocycles. The number of carbonyl (C=O) groups excluding carboxylic acids is 4. The maximum Gasteiger partial charge on any atom is 0.315 e. The van der Waals surface area contributed by atoms with E-state index in [1.54, 1.807) is 45.0 Å². The third kappa shape index (κ3) is 12.8. The lowest BCUT2D eigenvalue weighted by molar-refractivity contribution is -0.142. The molecule has 0 aliphatic carbocycles. The van der Waals surface area contributed by atoms with E-state index in [9.17, 15) is 36.4 Å². The fourth-order valence-corrected chi connectivity index (χ4v) is 5.46. The number of ether oxygens (including phenoxy) is 1. The number of urea groups is 1. The number of halogens is 2. The van der Waals surface area contributed by atoms with Crippen LogP contribution in [-0.4, -0.2) is 112 Å². The minimum atomic E-state index is -3.53. The number of hydrogen-bond donors (Lipinski definition) is 4. The van der Waals surface area contributed by atoms with E-state index in [1.807, 2.05) is 26.8 Å². The van der Waals surface area contributed by atoms with Gasteiger partial charge in [-0.15, -0.1) is 0 Å². The molecule has 4 atom stereocenters. The first-order chi connectivity index (χ1) is 22.1. The maximum atomic E-state index is 13.9. The molecule has 5 amide bonds. The van der Waals surface area contributed by atoms with Crippen LogP contribution in [0.5, 0.6) is 5.75 Å². The van der Waals surface area contributed by atoms with Crippen LogP contribution in [0.25, 0.3) is 0 Å². The summed E-state index contributed by atoms with van der Waals surface area (Å²) in [5.74, 6) is -1.54. The number of nitrogens with one attached hydrogen (secondary N) is 4. The minimum Gasteiger partial charge on any atom is -0.492 e. The molecule has 1 fully saturated rings. The largest absolute Gasteiger partial charge is 0.492 e. The van der Waals surface area contributed by atoms with E-state index in [-0.39, 0.29) is 32.7 Å². The van der Waals surface area contributed by atoms with Crippen molar-refractivity contribution in [2.75, 3.05) is 39.5 Å². The predicted molar refractivity (Wildman–Crippen MR) is 178 cm³/mol. The molecule has 1 aromatic rings. The Hall–Kier alpha value is -3.53. The Kier molecular flexibility index (Phi) is 14.6. The number of amides is 5. The van der Waals surface area contributed by atoms with Crippen molar-refractivity contribution in [3.8, 4) is 5.75 Å². The SMILES string of the molecule is CN(C[C@@H](NC(=O)N[C@H](C(=O)N1CCC[C@H]1C(=O)N[C@@H](CC(F)F)C(=O)NCCOc1ccccc1)C(C)(C)C)C(C)(C)C)S(C)(=O)=O. The van der Waals surface area contributed by atoms with Gasteiger partial charge in [-0.1, -0.05) is 59.7 Å². The van der Waals surface area contributed by atoms with E-state index < -0.39 is 81.6 Å². The molecule has 0 spiro atoms. The van der Waals surface area contributed by atoms with Crippen LogP contribution in [0.4, 0.5) is 13.6 Å². The van der Waals surface area contributed by atoms with Crippen LogP contribution in [0.15, 0.2) is 30.3 Å².